The van der Waals surface area contributed by atoms with Crippen molar-refractivity contribution >= 4 is 36.4 Å². The van der Waals surface area contributed by atoms with Gasteiger partial charge in [-0.05, 0) is 50.0 Å². The Kier molecular flexibility index (Phi) is 7.93. The van der Waals surface area contributed by atoms with Gasteiger partial charge in [-0.2, -0.15) is 10.4 Å². The monoisotopic (exact) mass is 502 g/mol. The van der Waals surface area contributed by atoms with E-state index in [1.54, 1.807) is 6.07 Å². The molecule has 0 aliphatic carbocycles. The second-order valence-corrected chi connectivity index (χ2v) is 9.28. The fourth-order valence-corrected chi connectivity index (χ4v) is 5.00. The molecule has 33 heavy (non-hydrogen) atoms. The summed E-state index contributed by atoms with van der Waals surface area (Å²) < 4.78 is 21.2. The first-order chi connectivity index (χ1) is 14.9. The third-order valence-corrected chi connectivity index (χ3v) is 7.07. The van der Waals surface area contributed by atoms with Crippen LogP contribution >= 0.6 is 24.8 Å². The zero-order chi connectivity index (χ0) is 21.6. The molecule has 2 fully saturated rings. The Labute approximate surface area is 206 Å². The van der Waals surface area contributed by atoms with Crippen LogP contribution in [0.15, 0.2) is 28.8 Å². The van der Waals surface area contributed by atoms with E-state index < -0.39 is 11.4 Å². The summed E-state index contributed by atoms with van der Waals surface area (Å²) in [5, 5.41) is 20.3. The number of rotatable bonds is 4. The highest BCUT2D eigenvalue weighted by molar-refractivity contribution is 5.85. The van der Waals surface area contributed by atoms with Gasteiger partial charge in [0, 0.05) is 30.6 Å². The molecule has 2 aromatic rings. The molecule has 0 saturated carbocycles. The Hall–Kier alpha value is -1.49. The van der Waals surface area contributed by atoms with E-state index in [-0.39, 0.29) is 42.6 Å². The van der Waals surface area contributed by atoms with Crippen molar-refractivity contribution in [2.45, 2.75) is 57.0 Å². The van der Waals surface area contributed by atoms with Crippen LogP contribution in [0.4, 0.5) is 16.0 Å². The molecule has 0 bridgehead atoms. The van der Waals surface area contributed by atoms with Crippen molar-refractivity contribution in [3.63, 3.8) is 0 Å². The number of hydrazine groups is 1. The smallest absolute Gasteiger partial charge is 0.285 e. The molecule has 1 atom stereocenters. The van der Waals surface area contributed by atoms with Crippen LogP contribution in [0.3, 0.4) is 0 Å². The number of nitrogens with one attached hydrogen (secondary N) is 2. The largest absolute Gasteiger partial charge is 0.380 e. The summed E-state index contributed by atoms with van der Waals surface area (Å²) in [4.78, 5) is 6.95. The first kappa shape index (κ1) is 26.1. The van der Waals surface area contributed by atoms with Gasteiger partial charge in [-0.1, -0.05) is 32.0 Å². The van der Waals surface area contributed by atoms with Crippen molar-refractivity contribution in [2.24, 2.45) is 5.92 Å². The van der Waals surface area contributed by atoms with Crippen LogP contribution in [0, 0.1) is 5.92 Å². The Morgan fingerprint density at radius 1 is 1.15 bits per heavy atom. The highest BCUT2D eigenvalue weighted by atomic mass is 35.5. The molecule has 8 nitrogen and oxygen atoms in total. The molecule has 5 rings (SSSR count). The van der Waals surface area contributed by atoms with Crippen LogP contribution in [0.5, 0.6) is 0 Å². The molecule has 184 valence electrons. The van der Waals surface area contributed by atoms with Crippen LogP contribution < -0.4 is 15.8 Å². The average Bonchev–Trinajstić information content (AvgIpc) is 3.40. The number of hydrogen-bond donors (Lipinski definition) is 3. The summed E-state index contributed by atoms with van der Waals surface area (Å²) in [6.07, 6.45) is 3.37. The minimum Gasteiger partial charge on any atom is -0.380 e. The number of benzene rings is 1. The molecule has 4 heterocycles. The molecule has 1 aromatic heterocycles. The summed E-state index contributed by atoms with van der Waals surface area (Å²) in [5.74, 6) is -1.62. The fraction of sp³-hybridized carbons (Fsp3) is 0.636. The van der Waals surface area contributed by atoms with Crippen LogP contribution in [0.2, 0.25) is 0 Å². The molecule has 3 aliphatic heterocycles. The second kappa shape index (κ2) is 10.0. The van der Waals surface area contributed by atoms with E-state index in [0.29, 0.717) is 30.1 Å². The highest BCUT2D eigenvalue weighted by Crippen LogP contribution is 2.45. The summed E-state index contributed by atoms with van der Waals surface area (Å²) in [6, 6.07) is 7.84. The number of nitrogens with zero attached hydrogens (tertiary/aromatic N) is 4. The Morgan fingerprint density at radius 3 is 2.48 bits per heavy atom. The summed E-state index contributed by atoms with van der Waals surface area (Å²) >= 11 is 0. The number of piperidine rings is 2. The first-order valence-electron chi connectivity index (χ1n) is 11.3. The van der Waals surface area contributed by atoms with Gasteiger partial charge in [-0.25, -0.2) is 9.40 Å². The van der Waals surface area contributed by atoms with Gasteiger partial charge in [0.15, 0.2) is 0 Å². The maximum Gasteiger partial charge on any atom is 0.285 e. The highest BCUT2D eigenvalue weighted by Gasteiger charge is 2.48. The van der Waals surface area contributed by atoms with Gasteiger partial charge in [0.05, 0.1) is 5.69 Å². The van der Waals surface area contributed by atoms with E-state index in [9.17, 15) is 5.11 Å². The number of aliphatic hydroxyl groups is 1. The van der Waals surface area contributed by atoms with Gasteiger partial charge in [-0.3, -0.25) is 0 Å². The Bertz CT molecular complexity index is 933. The molecule has 1 aromatic carbocycles. The third-order valence-electron chi connectivity index (χ3n) is 7.07. The maximum absolute atomic E-state index is 15.7. The van der Waals surface area contributed by atoms with Crippen LogP contribution in [-0.4, -0.2) is 52.4 Å². The number of halogens is 3. The molecular formula is C22H33Cl2FN6O2. The summed E-state index contributed by atoms with van der Waals surface area (Å²) in [5.41, 5.74) is 2.96. The molecule has 3 N–H and O–H groups in total. The predicted molar refractivity (Wildman–Crippen MR) is 129 cm³/mol. The van der Waals surface area contributed by atoms with Crippen LogP contribution in [0.1, 0.15) is 51.0 Å². The number of anilines is 2. The number of likely N-dealkylation sites (tertiary alicyclic amines) is 1. The van der Waals surface area contributed by atoms with Crippen molar-refractivity contribution in [3.05, 3.63) is 35.7 Å². The van der Waals surface area contributed by atoms with E-state index >= 15 is 4.39 Å². The van der Waals surface area contributed by atoms with Gasteiger partial charge < -0.3 is 19.8 Å². The van der Waals surface area contributed by atoms with Crippen molar-refractivity contribution < 1.29 is 14.0 Å². The lowest BCUT2D eigenvalue weighted by atomic mass is 9.89. The second-order valence-electron chi connectivity index (χ2n) is 9.28. The normalized spacial score (nSPS) is 25.4. The quantitative estimate of drug-likeness (QED) is 0.548. The number of alkyl halides is 1. The van der Waals surface area contributed by atoms with Gasteiger partial charge >= 0.3 is 0 Å². The van der Waals surface area contributed by atoms with Crippen molar-refractivity contribution in [2.75, 3.05) is 31.2 Å². The van der Waals surface area contributed by atoms with Gasteiger partial charge in [0.1, 0.15) is 5.60 Å². The maximum atomic E-state index is 15.7. The first-order valence-corrected chi connectivity index (χ1v) is 11.3. The zero-order valence-corrected chi connectivity index (χ0v) is 20.6. The number of aromatic nitrogens is 2. The van der Waals surface area contributed by atoms with E-state index in [1.165, 1.54) is 5.01 Å². The van der Waals surface area contributed by atoms with Gasteiger partial charge in [0.25, 0.3) is 11.8 Å². The number of para-hydroxylation sites is 1. The van der Waals surface area contributed by atoms with Crippen molar-refractivity contribution in [1.29, 1.82) is 0 Å². The van der Waals surface area contributed by atoms with Crippen molar-refractivity contribution in [1.82, 2.24) is 25.8 Å². The molecule has 0 amide bonds. The lowest BCUT2D eigenvalue weighted by molar-refractivity contribution is -0.0594. The van der Waals surface area contributed by atoms with E-state index in [2.05, 4.69) is 25.8 Å². The molecule has 3 aliphatic rings. The standard InChI is InChI=1S/C22H31FN6O2.2ClH/c1-15(2)22(23)17-5-3-4-6-18(17)29(27-22)20-25-19(31-26-20)21(30)9-13-28(14-10-21)16-7-11-24-12-8-16;;/h3-6,15-16,24,27,30H,7-14H2,1-2H3;2*1H. The van der Waals surface area contributed by atoms with Gasteiger partial charge in [-0.15, -0.1) is 24.8 Å². The summed E-state index contributed by atoms with van der Waals surface area (Å²) in [6.45, 7) is 7.35. The minimum absolute atomic E-state index is 0. The van der Waals surface area contributed by atoms with E-state index in [1.807, 2.05) is 32.0 Å². The van der Waals surface area contributed by atoms with Crippen LogP contribution in [-0.2, 0) is 11.4 Å². The lowest BCUT2D eigenvalue weighted by Crippen LogP contribution is -2.50. The lowest BCUT2D eigenvalue weighted by Gasteiger charge is -2.41. The average molecular weight is 503 g/mol. The predicted octanol–water partition coefficient (Wildman–Crippen LogP) is 3.38. The molecular weight excluding hydrogens is 470 g/mol. The minimum atomic E-state index is -1.73. The molecule has 1 unspecified atom stereocenters. The fourth-order valence-electron chi connectivity index (χ4n) is 5.00. The number of hydrogen-bond acceptors (Lipinski definition) is 8. The number of fused-ring (bicyclic) bond motifs is 1. The Morgan fingerprint density at radius 2 is 1.82 bits per heavy atom. The molecule has 0 spiro atoms. The molecule has 0 radical (unpaired) electrons. The zero-order valence-electron chi connectivity index (χ0n) is 19.0. The van der Waals surface area contributed by atoms with Crippen LogP contribution in [0.25, 0.3) is 0 Å². The summed E-state index contributed by atoms with van der Waals surface area (Å²) in [7, 11) is 0. The SMILES string of the molecule is CC(C)C1(F)NN(c2noc(C3(O)CCN(C4CCNCC4)CC3)n2)c2ccccc21.Cl.Cl. The van der Waals surface area contributed by atoms with Crippen molar-refractivity contribution in [3.8, 4) is 0 Å². The van der Waals surface area contributed by atoms with Gasteiger partial charge in [0.2, 0.25) is 5.79 Å². The Balaban J connectivity index is 0.00000153. The molecule has 2 saturated heterocycles. The van der Waals surface area contributed by atoms with E-state index in [0.717, 1.165) is 39.0 Å². The van der Waals surface area contributed by atoms with E-state index in [4.69, 9.17) is 4.52 Å². The topological polar surface area (TPSA) is 89.7 Å². The molecule has 11 heteroatoms. The third kappa shape index (κ3) is 4.59.